The van der Waals surface area contributed by atoms with Crippen molar-refractivity contribution in [2.24, 2.45) is 7.05 Å². The average Bonchev–Trinajstić information content (AvgIpc) is 2.75. The predicted molar refractivity (Wildman–Crippen MR) is 77.8 cm³/mol. The standard InChI is InChI=1S/C13H18BrN5/c1-3-15-12(9-13-16-18-19(2)17-13)8-10-5-4-6-11(14)7-10/h4-7,12,15H,3,8-9H2,1-2H3. The summed E-state index contributed by atoms with van der Waals surface area (Å²) in [5.41, 5.74) is 1.30. The van der Waals surface area contributed by atoms with Gasteiger partial charge in [0.25, 0.3) is 0 Å². The predicted octanol–water partition coefficient (Wildman–Crippen LogP) is 1.74. The van der Waals surface area contributed by atoms with Crippen molar-refractivity contribution < 1.29 is 0 Å². The van der Waals surface area contributed by atoms with E-state index in [1.807, 2.05) is 6.07 Å². The van der Waals surface area contributed by atoms with Gasteiger partial charge in [0.2, 0.25) is 0 Å². The lowest BCUT2D eigenvalue weighted by Crippen LogP contribution is -2.33. The third kappa shape index (κ3) is 4.40. The van der Waals surface area contributed by atoms with Gasteiger partial charge in [-0.1, -0.05) is 35.0 Å². The Hall–Kier alpha value is -1.27. The highest BCUT2D eigenvalue weighted by Gasteiger charge is 2.13. The van der Waals surface area contributed by atoms with Crippen molar-refractivity contribution in [3.05, 3.63) is 40.1 Å². The molecule has 1 N–H and O–H groups in total. The Morgan fingerprint density at radius 3 is 2.84 bits per heavy atom. The Morgan fingerprint density at radius 2 is 2.21 bits per heavy atom. The van der Waals surface area contributed by atoms with Gasteiger partial charge in [0.15, 0.2) is 5.82 Å². The number of benzene rings is 1. The molecule has 6 heteroatoms. The van der Waals surface area contributed by atoms with Gasteiger partial charge in [-0.15, -0.1) is 10.2 Å². The number of nitrogens with zero attached hydrogens (tertiary/aromatic N) is 4. The summed E-state index contributed by atoms with van der Waals surface area (Å²) in [5, 5.41) is 15.6. The highest BCUT2D eigenvalue weighted by Crippen LogP contribution is 2.14. The van der Waals surface area contributed by atoms with Gasteiger partial charge in [0.1, 0.15) is 0 Å². The number of halogens is 1. The molecule has 1 aromatic heterocycles. The van der Waals surface area contributed by atoms with Crippen LogP contribution in [-0.2, 0) is 19.9 Å². The van der Waals surface area contributed by atoms with Crippen LogP contribution < -0.4 is 5.32 Å². The lowest BCUT2D eigenvalue weighted by molar-refractivity contribution is 0.509. The molecule has 0 spiro atoms. The van der Waals surface area contributed by atoms with Crippen molar-refractivity contribution in [2.45, 2.75) is 25.8 Å². The Kier molecular flexibility index (Phi) is 5.04. The molecule has 0 aliphatic rings. The second-order valence-corrected chi connectivity index (χ2v) is 5.40. The van der Waals surface area contributed by atoms with E-state index >= 15 is 0 Å². The normalized spacial score (nSPS) is 12.6. The first-order valence-corrected chi connectivity index (χ1v) is 7.17. The van der Waals surface area contributed by atoms with Crippen LogP contribution in [0.15, 0.2) is 28.7 Å². The number of nitrogens with one attached hydrogen (secondary N) is 1. The first kappa shape index (κ1) is 14.1. The molecule has 1 aromatic carbocycles. The minimum atomic E-state index is 0.323. The average molecular weight is 324 g/mol. The smallest absolute Gasteiger partial charge is 0.176 e. The van der Waals surface area contributed by atoms with E-state index < -0.39 is 0 Å². The van der Waals surface area contributed by atoms with Crippen LogP contribution >= 0.6 is 15.9 Å². The summed E-state index contributed by atoms with van der Waals surface area (Å²) in [5.74, 6) is 0.781. The Labute approximate surface area is 121 Å². The minimum absolute atomic E-state index is 0.323. The zero-order valence-corrected chi connectivity index (χ0v) is 12.8. The van der Waals surface area contributed by atoms with Gasteiger partial charge in [-0.2, -0.15) is 4.80 Å². The summed E-state index contributed by atoms with van der Waals surface area (Å²) in [4.78, 5) is 1.50. The maximum Gasteiger partial charge on any atom is 0.176 e. The molecule has 19 heavy (non-hydrogen) atoms. The van der Waals surface area contributed by atoms with E-state index in [0.717, 1.165) is 29.7 Å². The van der Waals surface area contributed by atoms with E-state index in [9.17, 15) is 0 Å². The molecule has 0 aliphatic heterocycles. The summed E-state index contributed by atoms with van der Waals surface area (Å²) >= 11 is 3.50. The quantitative estimate of drug-likeness (QED) is 0.879. The fourth-order valence-corrected chi connectivity index (χ4v) is 2.53. The molecule has 0 aliphatic carbocycles. The van der Waals surface area contributed by atoms with Crippen LogP contribution in [0.2, 0.25) is 0 Å². The van der Waals surface area contributed by atoms with Gasteiger partial charge in [-0.3, -0.25) is 0 Å². The minimum Gasteiger partial charge on any atom is -0.313 e. The summed E-state index contributed by atoms with van der Waals surface area (Å²) < 4.78 is 1.11. The molecule has 102 valence electrons. The topological polar surface area (TPSA) is 55.6 Å². The van der Waals surface area contributed by atoms with Crippen LogP contribution in [0.5, 0.6) is 0 Å². The van der Waals surface area contributed by atoms with Crippen molar-refractivity contribution in [1.29, 1.82) is 0 Å². The molecule has 1 heterocycles. The zero-order chi connectivity index (χ0) is 13.7. The summed E-state index contributed by atoms with van der Waals surface area (Å²) in [7, 11) is 1.78. The van der Waals surface area contributed by atoms with Gasteiger partial charge in [0.05, 0.1) is 7.05 Å². The largest absolute Gasteiger partial charge is 0.313 e. The molecule has 0 amide bonds. The van der Waals surface area contributed by atoms with Crippen LogP contribution in [0.25, 0.3) is 0 Å². The van der Waals surface area contributed by atoms with Crippen molar-refractivity contribution in [3.63, 3.8) is 0 Å². The third-order valence-electron chi connectivity index (χ3n) is 2.84. The second-order valence-electron chi connectivity index (χ2n) is 4.49. The van der Waals surface area contributed by atoms with Crippen LogP contribution in [0.1, 0.15) is 18.3 Å². The SMILES string of the molecule is CCNC(Cc1cccc(Br)c1)Cc1nnn(C)n1. The number of likely N-dealkylation sites (N-methyl/N-ethyl adjacent to an activating group) is 1. The molecule has 0 saturated carbocycles. The number of hydrogen-bond donors (Lipinski definition) is 1. The van der Waals surface area contributed by atoms with E-state index in [0.29, 0.717) is 6.04 Å². The number of hydrogen-bond acceptors (Lipinski definition) is 4. The molecule has 0 fully saturated rings. The molecule has 2 aromatic rings. The van der Waals surface area contributed by atoms with Crippen LogP contribution in [0, 0.1) is 0 Å². The van der Waals surface area contributed by atoms with E-state index in [4.69, 9.17) is 0 Å². The molecule has 5 nitrogen and oxygen atoms in total. The Bertz CT molecular complexity index is 525. The van der Waals surface area contributed by atoms with Gasteiger partial charge >= 0.3 is 0 Å². The number of rotatable bonds is 6. The highest BCUT2D eigenvalue weighted by molar-refractivity contribution is 9.10. The van der Waals surface area contributed by atoms with Crippen LogP contribution in [0.4, 0.5) is 0 Å². The first-order chi connectivity index (χ1) is 9.17. The highest BCUT2D eigenvalue weighted by atomic mass is 79.9. The van der Waals surface area contributed by atoms with Crippen molar-refractivity contribution in [1.82, 2.24) is 25.5 Å². The summed E-state index contributed by atoms with van der Waals surface area (Å²) in [6, 6.07) is 8.70. The Balaban J connectivity index is 2.03. The van der Waals surface area contributed by atoms with Crippen molar-refractivity contribution in [2.75, 3.05) is 6.54 Å². The second kappa shape index (κ2) is 6.77. The fourth-order valence-electron chi connectivity index (χ4n) is 2.08. The van der Waals surface area contributed by atoms with E-state index in [2.05, 4.69) is 61.8 Å². The first-order valence-electron chi connectivity index (χ1n) is 6.38. The lowest BCUT2D eigenvalue weighted by Gasteiger charge is -2.16. The van der Waals surface area contributed by atoms with Gasteiger partial charge in [0, 0.05) is 16.9 Å². The molecule has 0 bridgehead atoms. The van der Waals surface area contributed by atoms with Gasteiger partial charge < -0.3 is 5.32 Å². The Morgan fingerprint density at radius 1 is 1.37 bits per heavy atom. The molecular weight excluding hydrogens is 306 g/mol. The van der Waals surface area contributed by atoms with Crippen molar-refractivity contribution in [3.8, 4) is 0 Å². The molecule has 0 radical (unpaired) electrons. The number of tetrazole rings is 1. The van der Waals surface area contributed by atoms with E-state index in [1.54, 1.807) is 7.05 Å². The maximum atomic E-state index is 4.24. The van der Waals surface area contributed by atoms with Gasteiger partial charge in [-0.25, -0.2) is 0 Å². The zero-order valence-electron chi connectivity index (χ0n) is 11.2. The monoisotopic (exact) mass is 323 g/mol. The molecule has 0 saturated heterocycles. The van der Waals surface area contributed by atoms with E-state index in [1.165, 1.54) is 10.4 Å². The maximum absolute atomic E-state index is 4.24. The van der Waals surface area contributed by atoms with Crippen LogP contribution in [-0.4, -0.2) is 32.8 Å². The van der Waals surface area contributed by atoms with Crippen molar-refractivity contribution >= 4 is 15.9 Å². The lowest BCUT2D eigenvalue weighted by atomic mass is 10.0. The summed E-state index contributed by atoms with van der Waals surface area (Å²) in [6.07, 6.45) is 1.74. The molecular formula is C13H18BrN5. The van der Waals surface area contributed by atoms with Crippen LogP contribution in [0.3, 0.4) is 0 Å². The molecule has 2 rings (SSSR count). The fraction of sp³-hybridized carbons (Fsp3) is 0.462. The van der Waals surface area contributed by atoms with Gasteiger partial charge in [-0.05, 0) is 35.9 Å². The molecule has 1 unspecified atom stereocenters. The number of aryl methyl sites for hydroxylation is 1. The van der Waals surface area contributed by atoms with E-state index in [-0.39, 0.29) is 0 Å². The third-order valence-corrected chi connectivity index (χ3v) is 3.34. The summed E-state index contributed by atoms with van der Waals surface area (Å²) in [6.45, 7) is 3.04. The molecule has 1 atom stereocenters. The number of aromatic nitrogens is 4.